The van der Waals surface area contributed by atoms with E-state index in [0.717, 1.165) is 12.3 Å². The summed E-state index contributed by atoms with van der Waals surface area (Å²) < 4.78 is 0. The Morgan fingerprint density at radius 3 is 2.63 bits per heavy atom. The number of hydrogen-bond acceptors (Lipinski definition) is 2. The van der Waals surface area contributed by atoms with Gasteiger partial charge in [-0.15, -0.1) is 0 Å². The van der Waals surface area contributed by atoms with Crippen LogP contribution in [0.15, 0.2) is 18.3 Å². The lowest BCUT2D eigenvalue weighted by Crippen LogP contribution is -2.30. The first-order valence-electron chi connectivity index (χ1n) is 7.87. The second kappa shape index (κ2) is 7.64. The minimum atomic E-state index is 0.580. The second-order valence-electron chi connectivity index (χ2n) is 6.05. The Bertz CT molecular complexity index is 367. The van der Waals surface area contributed by atoms with Gasteiger partial charge in [0.15, 0.2) is 0 Å². The summed E-state index contributed by atoms with van der Waals surface area (Å²) in [7, 11) is 2.10. The van der Waals surface area contributed by atoms with Crippen molar-refractivity contribution in [2.75, 3.05) is 7.05 Å². The number of nitrogens with zero attached hydrogens (tertiary/aromatic N) is 1. The molecule has 1 unspecified atom stereocenters. The molecule has 1 aliphatic rings. The lowest BCUT2D eigenvalue weighted by atomic mass is 9.90. The van der Waals surface area contributed by atoms with Gasteiger partial charge in [0.05, 0.1) is 0 Å². The van der Waals surface area contributed by atoms with Crippen LogP contribution in [0.2, 0.25) is 0 Å². The molecule has 106 valence electrons. The van der Waals surface area contributed by atoms with Gasteiger partial charge >= 0.3 is 0 Å². The summed E-state index contributed by atoms with van der Waals surface area (Å²) in [5, 5.41) is 3.51. The van der Waals surface area contributed by atoms with Crippen molar-refractivity contribution < 1.29 is 0 Å². The SMILES string of the molecule is CNC(Cc1ncccc1C)CC1CCCCCC1. The highest BCUT2D eigenvalue weighted by Crippen LogP contribution is 2.27. The molecule has 0 aliphatic heterocycles. The number of aryl methyl sites for hydroxylation is 1. The molecule has 1 aliphatic carbocycles. The summed E-state index contributed by atoms with van der Waals surface area (Å²) in [4.78, 5) is 4.54. The van der Waals surface area contributed by atoms with E-state index in [9.17, 15) is 0 Å². The Balaban J connectivity index is 1.90. The van der Waals surface area contributed by atoms with Crippen LogP contribution in [0.3, 0.4) is 0 Å². The zero-order valence-corrected chi connectivity index (χ0v) is 12.5. The van der Waals surface area contributed by atoms with Gasteiger partial charge in [-0.25, -0.2) is 0 Å². The number of aromatic nitrogens is 1. The average Bonchev–Trinajstić information content (AvgIpc) is 2.69. The maximum absolute atomic E-state index is 4.54. The van der Waals surface area contributed by atoms with Gasteiger partial charge in [-0.3, -0.25) is 4.98 Å². The highest BCUT2D eigenvalue weighted by Gasteiger charge is 2.18. The minimum Gasteiger partial charge on any atom is -0.317 e. The van der Waals surface area contributed by atoms with Gasteiger partial charge in [-0.1, -0.05) is 44.6 Å². The summed E-state index contributed by atoms with van der Waals surface area (Å²) in [6.45, 7) is 2.17. The lowest BCUT2D eigenvalue weighted by molar-refractivity contribution is 0.359. The van der Waals surface area contributed by atoms with E-state index in [1.165, 1.54) is 56.2 Å². The fourth-order valence-electron chi connectivity index (χ4n) is 3.27. The molecule has 1 aromatic heterocycles. The van der Waals surface area contributed by atoms with Crippen molar-refractivity contribution in [2.45, 2.75) is 64.3 Å². The average molecular weight is 260 g/mol. The molecule has 2 rings (SSSR count). The first-order chi connectivity index (χ1) is 9.29. The molecule has 1 fully saturated rings. The van der Waals surface area contributed by atoms with Crippen molar-refractivity contribution in [3.05, 3.63) is 29.6 Å². The topological polar surface area (TPSA) is 24.9 Å². The van der Waals surface area contributed by atoms with E-state index >= 15 is 0 Å². The summed E-state index contributed by atoms with van der Waals surface area (Å²) >= 11 is 0. The number of pyridine rings is 1. The standard InChI is InChI=1S/C17H28N2/c1-14-8-7-11-19-17(14)13-16(18-2)12-15-9-5-3-4-6-10-15/h7-8,11,15-16,18H,3-6,9-10,12-13H2,1-2H3. The molecule has 0 spiro atoms. The van der Waals surface area contributed by atoms with E-state index in [2.05, 4.69) is 30.3 Å². The molecule has 19 heavy (non-hydrogen) atoms. The summed E-state index contributed by atoms with van der Waals surface area (Å²) in [6, 6.07) is 4.77. The van der Waals surface area contributed by atoms with Crippen molar-refractivity contribution in [2.24, 2.45) is 5.92 Å². The molecule has 2 heteroatoms. The molecule has 0 aromatic carbocycles. The van der Waals surface area contributed by atoms with Gasteiger partial charge in [0.25, 0.3) is 0 Å². The van der Waals surface area contributed by atoms with E-state index in [4.69, 9.17) is 0 Å². The van der Waals surface area contributed by atoms with Crippen LogP contribution >= 0.6 is 0 Å². The molecule has 2 nitrogen and oxygen atoms in total. The van der Waals surface area contributed by atoms with Gasteiger partial charge < -0.3 is 5.32 Å². The summed E-state index contributed by atoms with van der Waals surface area (Å²) in [6.07, 6.45) is 12.9. The molecule has 0 amide bonds. The van der Waals surface area contributed by atoms with E-state index in [1.807, 2.05) is 12.3 Å². The van der Waals surface area contributed by atoms with Crippen molar-refractivity contribution in [1.82, 2.24) is 10.3 Å². The van der Waals surface area contributed by atoms with Crippen LogP contribution in [0.25, 0.3) is 0 Å². The Hall–Kier alpha value is -0.890. The molecule has 1 aromatic rings. The van der Waals surface area contributed by atoms with Gasteiger partial charge in [-0.2, -0.15) is 0 Å². The Labute approximate surface area is 118 Å². The van der Waals surface area contributed by atoms with E-state index in [1.54, 1.807) is 0 Å². The zero-order chi connectivity index (χ0) is 13.5. The van der Waals surface area contributed by atoms with E-state index in [-0.39, 0.29) is 0 Å². The fourth-order valence-corrected chi connectivity index (χ4v) is 3.27. The maximum atomic E-state index is 4.54. The number of likely N-dealkylation sites (N-methyl/N-ethyl adjacent to an activating group) is 1. The smallest absolute Gasteiger partial charge is 0.0448 e. The Morgan fingerprint density at radius 2 is 2.00 bits per heavy atom. The van der Waals surface area contributed by atoms with Gasteiger partial charge in [-0.05, 0) is 37.9 Å². The summed E-state index contributed by atoms with van der Waals surface area (Å²) in [5.41, 5.74) is 2.58. The van der Waals surface area contributed by atoms with Crippen LogP contribution in [0.5, 0.6) is 0 Å². The van der Waals surface area contributed by atoms with Crippen molar-refractivity contribution >= 4 is 0 Å². The first kappa shape index (κ1) is 14.5. The maximum Gasteiger partial charge on any atom is 0.0448 e. The third-order valence-electron chi connectivity index (χ3n) is 4.56. The molecule has 0 saturated heterocycles. The van der Waals surface area contributed by atoms with Gasteiger partial charge in [0.1, 0.15) is 0 Å². The normalized spacial score (nSPS) is 19.1. The van der Waals surface area contributed by atoms with Crippen LogP contribution in [0.1, 0.15) is 56.2 Å². The molecule has 1 N–H and O–H groups in total. The van der Waals surface area contributed by atoms with Crippen molar-refractivity contribution in [3.8, 4) is 0 Å². The molecule has 1 atom stereocenters. The molecular formula is C17H28N2. The minimum absolute atomic E-state index is 0.580. The number of rotatable bonds is 5. The van der Waals surface area contributed by atoms with E-state index in [0.29, 0.717) is 6.04 Å². The predicted molar refractivity (Wildman–Crippen MR) is 81.3 cm³/mol. The van der Waals surface area contributed by atoms with Crippen molar-refractivity contribution in [1.29, 1.82) is 0 Å². The first-order valence-corrected chi connectivity index (χ1v) is 7.87. The van der Waals surface area contributed by atoms with Crippen LogP contribution in [0, 0.1) is 12.8 Å². The molecule has 0 bridgehead atoms. The van der Waals surface area contributed by atoms with Crippen LogP contribution in [-0.2, 0) is 6.42 Å². The molecule has 1 saturated carbocycles. The monoisotopic (exact) mass is 260 g/mol. The highest BCUT2D eigenvalue weighted by atomic mass is 14.9. The molecular weight excluding hydrogens is 232 g/mol. The predicted octanol–water partition coefficient (Wildman–Crippen LogP) is 3.88. The lowest BCUT2D eigenvalue weighted by Gasteiger charge is -2.22. The summed E-state index contributed by atoms with van der Waals surface area (Å²) in [5.74, 6) is 0.920. The number of nitrogens with one attached hydrogen (secondary N) is 1. The fraction of sp³-hybridized carbons (Fsp3) is 0.706. The van der Waals surface area contributed by atoms with Crippen LogP contribution in [0.4, 0.5) is 0 Å². The molecule has 0 radical (unpaired) electrons. The largest absolute Gasteiger partial charge is 0.317 e. The second-order valence-corrected chi connectivity index (χ2v) is 6.05. The van der Waals surface area contributed by atoms with Crippen molar-refractivity contribution in [3.63, 3.8) is 0 Å². The van der Waals surface area contributed by atoms with Gasteiger partial charge in [0, 0.05) is 24.4 Å². The molecule has 1 heterocycles. The van der Waals surface area contributed by atoms with Crippen LogP contribution in [-0.4, -0.2) is 18.1 Å². The Kier molecular flexibility index (Phi) is 5.84. The quantitative estimate of drug-likeness (QED) is 0.813. The third kappa shape index (κ3) is 4.61. The van der Waals surface area contributed by atoms with Crippen LogP contribution < -0.4 is 5.32 Å². The zero-order valence-electron chi connectivity index (χ0n) is 12.5. The Morgan fingerprint density at radius 1 is 1.26 bits per heavy atom. The third-order valence-corrected chi connectivity index (χ3v) is 4.56. The van der Waals surface area contributed by atoms with E-state index < -0.39 is 0 Å². The highest BCUT2D eigenvalue weighted by molar-refractivity contribution is 5.18. The van der Waals surface area contributed by atoms with Gasteiger partial charge in [0.2, 0.25) is 0 Å². The number of hydrogen-bond donors (Lipinski definition) is 1.